The molecule has 0 fully saturated rings. The van der Waals surface area contributed by atoms with Crippen LogP contribution in [0.3, 0.4) is 0 Å². The van der Waals surface area contributed by atoms with Gasteiger partial charge < -0.3 is 4.74 Å². The van der Waals surface area contributed by atoms with E-state index in [1.54, 1.807) is 6.92 Å². The molecule has 70 valence electrons. The maximum atomic E-state index is 11.1. The molecule has 1 rings (SSSR count). The summed E-state index contributed by atoms with van der Waals surface area (Å²) in [6.45, 7) is 1.79. The first-order chi connectivity index (χ1) is 6.07. The second-order valence-electron chi connectivity index (χ2n) is 2.39. The maximum Gasteiger partial charge on any atom is 0.358 e. The smallest absolute Gasteiger partial charge is 0.358 e. The van der Waals surface area contributed by atoms with Gasteiger partial charge in [-0.05, 0) is 28.4 Å². The minimum absolute atomic E-state index is 0.143. The van der Waals surface area contributed by atoms with Crippen LogP contribution in [0.1, 0.15) is 16.1 Å². The molecule has 0 atom stereocenters. The highest BCUT2D eigenvalue weighted by atomic mass is 79.9. The molecule has 0 saturated heterocycles. The monoisotopic (exact) mass is 263 g/mol. The standard InChI is InChI=1S/C8H7BrClNO2/c1-4-5(9)3-11-7(6(4)10)8(12)13-2/h3H,1-2H3. The Kier molecular flexibility index (Phi) is 3.27. The van der Waals surface area contributed by atoms with Crippen LogP contribution < -0.4 is 0 Å². The van der Waals surface area contributed by atoms with E-state index in [9.17, 15) is 4.79 Å². The molecule has 0 saturated carbocycles. The maximum absolute atomic E-state index is 11.1. The number of carbonyl (C=O) groups is 1. The van der Waals surface area contributed by atoms with E-state index in [2.05, 4.69) is 25.7 Å². The van der Waals surface area contributed by atoms with E-state index in [1.165, 1.54) is 13.3 Å². The number of halogens is 2. The summed E-state index contributed by atoms with van der Waals surface area (Å²) in [5.74, 6) is -0.527. The number of methoxy groups -OCH3 is 1. The van der Waals surface area contributed by atoms with Crippen molar-refractivity contribution in [3.63, 3.8) is 0 Å². The van der Waals surface area contributed by atoms with Gasteiger partial charge in [0.25, 0.3) is 0 Å². The van der Waals surface area contributed by atoms with E-state index in [0.29, 0.717) is 5.02 Å². The Morgan fingerprint density at radius 1 is 1.69 bits per heavy atom. The first-order valence-corrected chi connectivity index (χ1v) is 4.64. The summed E-state index contributed by atoms with van der Waals surface area (Å²) in [6.07, 6.45) is 1.52. The van der Waals surface area contributed by atoms with Gasteiger partial charge in [0.15, 0.2) is 5.69 Å². The molecule has 0 aliphatic rings. The molecular weight excluding hydrogens is 257 g/mol. The van der Waals surface area contributed by atoms with Crippen molar-refractivity contribution in [2.24, 2.45) is 0 Å². The van der Waals surface area contributed by atoms with Crippen molar-refractivity contribution in [2.75, 3.05) is 7.11 Å². The number of rotatable bonds is 1. The molecule has 1 heterocycles. The average Bonchev–Trinajstić information content (AvgIpc) is 2.13. The summed E-state index contributed by atoms with van der Waals surface area (Å²) in [5, 5.41) is 0.321. The van der Waals surface area contributed by atoms with Crippen molar-refractivity contribution in [3.8, 4) is 0 Å². The third-order valence-electron chi connectivity index (χ3n) is 1.58. The van der Waals surface area contributed by atoms with Gasteiger partial charge >= 0.3 is 5.97 Å². The lowest BCUT2D eigenvalue weighted by atomic mass is 10.2. The van der Waals surface area contributed by atoms with E-state index in [4.69, 9.17) is 11.6 Å². The molecule has 0 unspecified atom stereocenters. The largest absolute Gasteiger partial charge is 0.464 e. The predicted molar refractivity (Wildman–Crippen MR) is 53.0 cm³/mol. The highest BCUT2D eigenvalue weighted by Gasteiger charge is 2.15. The Morgan fingerprint density at radius 2 is 2.31 bits per heavy atom. The van der Waals surface area contributed by atoms with Crippen LogP contribution in [0.25, 0.3) is 0 Å². The topological polar surface area (TPSA) is 39.2 Å². The second kappa shape index (κ2) is 4.07. The number of nitrogens with zero attached hydrogens (tertiary/aromatic N) is 1. The van der Waals surface area contributed by atoms with Crippen LogP contribution >= 0.6 is 27.5 Å². The Hall–Kier alpha value is -0.610. The lowest BCUT2D eigenvalue weighted by molar-refractivity contribution is 0.0594. The molecule has 0 spiro atoms. The molecule has 0 N–H and O–H groups in total. The summed E-state index contributed by atoms with van der Waals surface area (Å²) < 4.78 is 5.28. The number of carbonyl (C=O) groups excluding carboxylic acids is 1. The van der Waals surface area contributed by atoms with Gasteiger partial charge in [-0.2, -0.15) is 0 Å². The molecule has 0 aliphatic carbocycles. The van der Waals surface area contributed by atoms with Crippen LogP contribution in [0, 0.1) is 6.92 Å². The SMILES string of the molecule is COC(=O)c1ncc(Br)c(C)c1Cl. The van der Waals surface area contributed by atoms with Crippen molar-refractivity contribution >= 4 is 33.5 Å². The number of pyridine rings is 1. The van der Waals surface area contributed by atoms with Crippen molar-refractivity contribution in [2.45, 2.75) is 6.92 Å². The first-order valence-electron chi connectivity index (χ1n) is 3.46. The molecule has 0 aromatic carbocycles. The molecule has 1 aromatic heterocycles. The molecule has 0 amide bonds. The van der Waals surface area contributed by atoms with Gasteiger partial charge in [0.2, 0.25) is 0 Å². The first kappa shape index (κ1) is 10.5. The van der Waals surface area contributed by atoms with Crippen molar-refractivity contribution in [3.05, 3.63) is 26.9 Å². The zero-order chi connectivity index (χ0) is 10.0. The summed E-state index contributed by atoms with van der Waals surface area (Å²) >= 11 is 9.13. The third kappa shape index (κ3) is 2.00. The minimum Gasteiger partial charge on any atom is -0.464 e. The van der Waals surface area contributed by atoms with Gasteiger partial charge in [-0.3, -0.25) is 0 Å². The summed E-state index contributed by atoms with van der Waals surface area (Å²) in [4.78, 5) is 15.0. The van der Waals surface area contributed by atoms with E-state index in [0.717, 1.165) is 10.0 Å². The highest BCUT2D eigenvalue weighted by molar-refractivity contribution is 9.10. The average molecular weight is 265 g/mol. The third-order valence-corrected chi connectivity index (χ3v) is 2.84. The number of hydrogen-bond donors (Lipinski definition) is 0. The molecule has 0 bridgehead atoms. The van der Waals surface area contributed by atoms with Gasteiger partial charge in [-0.25, -0.2) is 9.78 Å². The summed E-state index contributed by atoms with van der Waals surface area (Å²) in [6, 6.07) is 0. The zero-order valence-electron chi connectivity index (χ0n) is 7.10. The van der Waals surface area contributed by atoms with Crippen LogP contribution in [0.2, 0.25) is 5.02 Å². The Balaban J connectivity index is 3.26. The lowest BCUT2D eigenvalue weighted by Crippen LogP contribution is -2.06. The van der Waals surface area contributed by atoms with E-state index < -0.39 is 5.97 Å². The molecule has 0 radical (unpaired) electrons. The number of esters is 1. The van der Waals surface area contributed by atoms with Gasteiger partial charge in [-0.1, -0.05) is 11.6 Å². The van der Waals surface area contributed by atoms with Crippen LogP contribution in [-0.4, -0.2) is 18.1 Å². The van der Waals surface area contributed by atoms with E-state index in [-0.39, 0.29) is 5.69 Å². The molecule has 13 heavy (non-hydrogen) atoms. The molecule has 0 aliphatic heterocycles. The van der Waals surface area contributed by atoms with Crippen LogP contribution in [0.4, 0.5) is 0 Å². The normalized spacial score (nSPS) is 9.85. The Morgan fingerprint density at radius 3 is 2.85 bits per heavy atom. The zero-order valence-corrected chi connectivity index (χ0v) is 9.44. The quantitative estimate of drug-likeness (QED) is 0.732. The number of aromatic nitrogens is 1. The molecule has 5 heteroatoms. The van der Waals surface area contributed by atoms with Crippen LogP contribution in [0.5, 0.6) is 0 Å². The highest BCUT2D eigenvalue weighted by Crippen LogP contribution is 2.25. The second-order valence-corrected chi connectivity index (χ2v) is 3.62. The summed E-state index contributed by atoms with van der Waals surface area (Å²) in [7, 11) is 1.29. The Bertz CT molecular complexity index is 354. The van der Waals surface area contributed by atoms with Crippen molar-refractivity contribution in [1.82, 2.24) is 4.98 Å². The summed E-state index contributed by atoms with van der Waals surface area (Å²) in [5.41, 5.74) is 0.918. The Labute approximate surface area is 89.2 Å². The fourth-order valence-electron chi connectivity index (χ4n) is 0.796. The molecular formula is C8H7BrClNO2. The van der Waals surface area contributed by atoms with Gasteiger partial charge in [0.05, 0.1) is 12.1 Å². The minimum atomic E-state index is -0.527. The van der Waals surface area contributed by atoms with Crippen molar-refractivity contribution < 1.29 is 9.53 Å². The number of ether oxygens (including phenoxy) is 1. The van der Waals surface area contributed by atoms with Gasteiger partial charge in [-0.15, -0.1) is 0 Å². The van der Waals surface area contributed by atoms with E-state index >= 15 is 0 Å². The van der Waals surface area contributed by atoms with Gasteiger partial charge in [0, 0.05) is 10.7 Å². The lowest BCUT2D eigenvalue weighted by Gasteiger charge is -2.04. The van der Waals surface area contributed by atoms with Gasteiger partial charge in [0.1, 0.15) is 0 Å². The predicted octanol–water partition coefficient (Wildman–Crippen LogP) is 2.59. The van der Waals surface area contributed by atoms with Crippen molar-refractivity contribution in [1.29, 1.82) is 0 Å². The van der Waals surface area contributed by atoms with Crippen LogP contribution in [-0.2, 0) is 4.74 Å². The number of hydrogen-bond acceptors (Lipinski definition) is 3. The fraction of sp³-hybridized carbons (Fsp3) is 0.250. The fourth-order valence-corrected chi connectivity index (χ4v) is 1.44. The molecule has 3 nitrogen and oxygen atoms in total. The van der Waals surface area contributed by atoms with E-state index in [1.807, 2.05) is 0 Å². The van der Waals surface area contributed by atoms with Crippen LogP contribution in [0.15, 0.2) is 10.7 Å². The molecule has 1 aromatic rings.